The molecule has 0 saturated heterocycles. The molecule has 0 fully saturated rings. The Balaban J connectivity index is 3.38. The van der Waals surface area contributed by atoms with Gasteiger partial charge in [-0.05, 0) is 18.8 Å². The second-order valence-corrected chi connectivity index (χ2v) is 5.42. The van der Waals surface area contributed by atoms with Crippen LogP contribution in [0, 0.1) is 5.92 Å². The predicted octanol–water partition coefficient (Wildman–Crippen LogP) is 3.47. The molecule has 2 heteroatoms. The first kappa shape index (κ1) is 15.9. The van der Waals surface area contributed by atoms with Crippen LogP contribution in [0.4, 0.5) is 0 Å². The highest BCUT2D eigenvalue weighted by molar-refractivity contribution is 4.72. The highest BCUT2D eigenvalue weighted by Crippen LogP contribution is 2.13. The van der Waals surface area contributed by atoms with Crippen molar-refractivity contribution >= 4 is 0 Å². The number of aliphatic hydroxyl groups excluding tert-OH is 1. The van der Waals surface area contributed by atoms with E-state index in [4.69, 9.17) is 5.73 Å². The third-order valence-corrected chi connectivity index (χ3v) is 3.09. The molecule has 0 unspecified atom stereocenters. The van der Waals surface area contributed by atoms with Gasteiger partial charge in [0.15, 0.2) is 0 Å². The molecule has 0 heterocycles. The van der Waals surface area contributed by atoms with Gasteiger partial charge >= 0.3 is 0 Å². The molecule has 16 heavy (non-hydrogen) atoms. The number of unbranched alkanes of at least 4 members (excludes halogenated alkanes) is 5. The molecule has 0 radical (unpaired) electrons. The van der Waals surface area contributed by atoms with Gasteiger partial charge in [0.2, 0.25) is 0 Å². The minimum Gasteiger partial charge on any atom is -0.392 e. The van der Waals surface area contributed by atoms with Gasteiger partial charge < -0.3 is 10.8 Å². The lowest BCUT2D eigenvalue weighted by Gasteiger charge is -2.20. The van der Waals surface area contributed by atoms with Gasteiger partial charge in [-0.2, -0.15) is 0 Å². The van der Waals surface area contributed by atoms with Gasteiger partial charge in [0.25, 0.3) is 0 Å². The fourth-order valence-corrected chi connectivity index (χ4v) is 2.05. The van der Waals surface area contributed by atoms with E-state index >= 15 is 0 Å². The maximum atomic E-state index is 9.84. The van der Waals surface area contributed by atoms with Crippen LogP contribution in [0.15, 0.2) is 0 Å². The van der Waals surface area contributed by atoms with Crippen molar-refractivity contribution in [1.82, 2.24) is 0 Å². The van der Waals surface area contributed by atoms with Crippen molar-refractivity contribution in [3.05, 3.63) is 0 Å². The molecular formula is C14H31NO. The Morgan fingerprint density at radius 3 is 2.12 bits per heavy atom. The first-order valence-electron chi connectivity index (χ1n) is 7.01. The lowest BCUT2D eigenvalue weighted by molar-refractivity contribution is 0.122. The summed E-state index contributed by atoms with van der Waals surface area (Å²) in [4.78, 5) is 0. The van der Waals surface area contributed by atoms with Crippen molar-refractivity contribution in [2.45, 2.75) is 84.3 Å². The average Bonchev–Trinajstić information content (AvgIpc) is 2.21. The second kappa shape index (κ2) is 10.1. The predicted molar refractivity (Wildman–Crippen MR) is 71.4 cm³/mol. The van der Waals surface area contributed by atoms with Crippen molar-refractivity contribution in [1.29, 1.82) is 0 Å². The lowest BCUT2D eigenvalue weighted by Crippen LogP contribution is -2.35. The number of aliphatic hydroxyl groups is 1. The third kappa shape index (κ3) is 9.17. The number of hydrogen-bond donors (Lipinski definition) is 2. The molecule has 0 saturated carbocycles. The van der Waals surface area contributed by atoms with Gasteiger partial charge in [-0.1, -0.05) is 59.3 Å². The number of rotatable bonds is 10. The third-order valence-electron chi connectivity index (χ3n) is 3.09. The molecular weight excluding hydrogens is 198 g/mol. The summed E-state index contributed by atoms with van der Waals surface area (Å²) in [6.45, 7) is 6.53. The maximum Gasteiger partial charge on any atom is 0.0691 e. The molecule has 0 bridgehead atoms. The van der Waals surface area contributed by atoms with Crippen molar-refractivity contribution in [2.75, 3.05) is 0 Å². The molecule has 0 aromatic heterocycles. The van der Waals surface area contributed by atoms with Crippen LogP contribution in [0.3, 0.4) is 0 Å². The molecule has 2 nitrogen and oxygen atoms in total. The molecule has 0 rings (SSSR count). The lowest BCUT2D eigenvalue weighted by atomic mass is 9.96. The SMILES string of the molecule is CCCCCCCC[C@H](O)[C@@H](N)CC(C)C. The zero-order valence-corrected chi connectivity index (χ0v) is 11.4. The molecule has 0 aliphatic heterocycles. The van der Waals surface area contributed by atoms with Gasteiger partial charge in [0.1, 0.15) is 0 Å². The Morgan fingerprint density at radius 1 is 1.00 bits per heavy atom. The van der Waals surface area contributed by atoms with Crippen molar-refractivity contribution in [3.8, 4) is 0 Å². The number of hydrogen-bond acceptors (Lipinski definition) is 2. The van der Waals surface area contributed by atoms with Crippen LogP contribution in [0.2, 0.25) is 0 Å². The van der Waals surface area contributed by atoms with E-state index in [1.807, 2.05) is 0 Å². The molecule has 0 spiro atoms. The summed E-state index contributed by atoms with van der Waals surface area (Å²) in [6, 6.07) is -0.0318. The molecule has 0 aromatic rings. The zero-order valence-electron chi connectivity index (χ0n) is 11.4. The van der Waals surface area contributed by atoms with E-state index in [1.54, 1.807) is 0 Å². The molecule has 0 aromatic carbocycles. The van der Waals surface area contributed by atoms with Crippen LogP contribution in [0.25, 0.3) is 0 Å². The minimum atomic E-state index is -0.298. The van der Waals surface area contributed by atoms with Crippen LogP contribution in [-0.4, -0.2) is 17.3 Å². The summed E-state index contributed by atoms with van der Waals surface area (Å²) in [7, 11) is 0. The van der Waals surface area contributed by atoms with Gasteiger partial charge in [-0.25, -0.2) is 0 Å². The van der Waals surface area contributed by atoms with Crippen LogP contribution >= 0.6 is 0 Å². The standard InChI is InChI=1S/C14H31NO/c1-4-5-6-7-8-9-10-14(16)13(15)11-12(2)3/h12-14,16H,4-11,15H2,1-3H3/t13-,14-/m0/s1. The fraction of sp³-hybridized carbons (Fsp3) is 1.00. The smallest absolute Gasteiger partial charge is 0.0691 e. The highest BCUT2D eigenvalue weighted by Gasteiger charge is 2.15. The Kier molecular flexibility index (Phi) is 10.0. The Morgan fingerprint density at radius 2 is 1.56 bits per heavy atom. The molecule has 2 atom stereocenters. The minimum absolute atomic E-state index is 0.0318. The van der Waals surface area contributed by atoms with Gasteiger partial charge in [-0.3, -0.25) is 0 Å². The summed E-state index contributed by atoms with van der Waals surface area (Å²) in [5.74, 6) is 0.578. The largest absolute Gasteiger partial charge is 0.392 e. The fourth-order valence-electron chi connectivity index (χ4n) is 2.05. The monoisotopic (exact) mass is 229 g/mol. The number of nitrogens with two attached hydrogens (primary N) is 1. The average molecular weight is 229 g/mol. The first-order valence-corrected chi connectivity index (χ1v) is 7.01. The van der Waals surface area contributed by atoms with Crippen molar-refractivity contribution in [2.24, 2.45) is 11.7 Å². The van der Waals surface area contributed by atoms with Gasteiger partial charge in [-0.15, -0.1) is 0 Å². The van der Waals surface area contributed by atoms with E-state index in [1.165, 1.54) is 32.1 Å². The molecule has 0 aliphatic carbocycles. The van der Waals surface area contributed by atoms with Crippen LogP contribution in [0.1, 0.15) is 72.1 Å². The molecule has 0 aliphatic rings. The van der Waals surface area contributed by atoms with Crippen LogP contribution in [0.5, 0.6) is 0 Å². The quantitative estimate of drug-likeness (QED) is 0.563. The topological polar surface area (TPSA) is 46.2 Å². The van der Waals surface area contributed by atoms with Crippen molar-refractivity contribution in [3.63, 3.8) is 0 Å². The van der Waals surface area contributed by atoms with Crippen LogP contribution in [-0.2, 0) is 0 Å². The van der Waals surface area contributed by atoms with Gasteiger partial charge in [0.05, 0.1) is 6.10 Å². The van der Waals surface area contributed by atoms with Gasteiger partial charge in [0, 0.05) is 6.04 Å². The van der Waals surface area contributed by atoms with E-state index in [9.17, 15) is 5.11 Å². The highest BCUT2D eigenvalue weighted by atomic mass is 16.3. The summed E-state index contributed by atoms with van der Waals surface area (Å²) in [5.41, 5.74) is 5.93. The summed E-state index contributed by atoms with van der Waals surface area (Å²) in [5, 5.41) is 9.84. The Hall–Kier alpha value is -0.0800. The van der Waals surface area contributed by atoms with E-state index in [2.05, 4.69) is 20.8 Å². The zero-order chi connectivity index (χ0) is 12.4. The first-order chi connectivity index (χ1) is 7.57. The molecule has 3 N–H and O–H groups in total. The Labute approximate surface area is 102 Å². The van der Waals surface area contributed by atoms with E-state index < -0.39 is 0 Å². The van der Waals surface area contributed by atoms with E-state index in [0.29, 0.717) is 5.92 Å². The summed E-state index contributed by atoms with van der Waals surface area (Å²) in [6.07, 6.45) is 9.15. The summed E-state index contributed by atoms with van der Waals surface area (Å²) < 4.78 is 0. The summed E-state index contributed by atoms with van der Waals surface area (Å²) >= 11 is 0. The normalized spacial score (nSPS) is 15.4. The van der Waals surface area contributed by atoms with E-state index in [-0.39, 0.29) is 12.1 Å². The van der Waals surface area contributed by atoms with E-state index in [0.717, 1.165) is 19.3 Å². The second-order valence-electron chi connectivity index (χ2n) is 5.42. The molecule has 98 valence electrons. The van der Waals surface area contributed by atoms with Crippen LogP contribution < -0.4 is 5.73 Å². The van der Waals surface area contributed by atoms with Crippen molar-refractivity contribution < 1.29 is 5.11 Å². The molecule has 0 amide bonds. The maximum absolute atomic E-state index is 9.84. The Bertz CT molecular complexity index is 148.